The van der Waals surface area contributed by atoms with Crippen LogP contribution in [0.3, 0.4) is 0 Å². The van der Waals surface area contributed by atoms with Gasteiger partial charge in [-0.05, 0) is 66.0 Å². The van der Waals surface area contributed by atoms with Crippen molar-refractivity contribution in [2.75, 3.05) is 13.6 Å². The summed E-state index contributed by atoms with van der Waals surface area (Å²) in [6.07, 6.45) is 1.15. The summed E-state index contributed by atoms with van der Waals surface area (Å²) in [6, 6.07) is 12.7. The molecule has 2 aromatic carbocycles. The van der Waals surface area contributed by atoms with Crippen LogP contribution in [-0.2, 0) is 12.8 Å². The van der Waals surface area contributed by atoms with Gasteiger partial charge in [0.25, 0.3) is 0 Å². The normalized spacial score (nSPS) is 12.4. The molecule has 2 aromatic rings. The Balaban J connectivity index is 2.19. The lowest BCUT2D eigenvalue weighted by atomic mass is 9.92. The summed E-state index contributed by atoms with van der Waals surface area (Å²) in [6.45, 7) is 0.709. The minimum absolute atomic E-state index is 0.135. The molecule has 1 N–H and O–H groups in total. The summed E-state index contributed by atoms with van der Waals surface area (Å²) in [5, 5.41) is 3.11. The van der Waals surface area contributed by atoms with E-state index in [1.807, 2.05) is 37.4 Å². The summed E-state index contributed by atoms with van der Waals surface area (Å²) < 4.78 is 28.3. The van der Waals surface area contributed by atoms with Gasteiger partial charge in [0.05, 0.1) is 4.47 Å². The van der Waals surface area contributed by atoms with Crippen LogP contribution in [-0.4, -0.2) is 13.6 Å². The van der Waals surface area contributed by atoms with Gasteiger partial charge in [0.2, 0.25) is 0 Å². The molecule has 0 aliphatic carbocycles. The summed E-state index contributed by atoms with van der Waals surface area (Å²) in [5.41, 5.74) is 1.33. The second-order valence-corrected chi connectivity index (χ2v) is 5.99. The summed E-state index contributed by atoms with van der Waals surface area (Å²) in [5.74, 6) is -0.843. The molecule has 1 nitrogen and oxygen atoms in total. The number of rotatable bonds is 6. The fourth-order valence-electron chi connectivity index (χ4n) is 2.50. The van der Waals surface area contributed by atoms with Gasteiger partial charge in [-0.3, -0.25) is 0 Å². The fraction of sp³-hybridized carbons (Fsp3) is 0.294. The molecule has 0 amide bonds. The Hall–Kier alpha value is -1.26. The van der Waals surface area contributed by atoms with Crippen molar-refractivity contribution in [1.82, 2.24) is 5.32 Å². The maximum absolute atomic E-state index is 14.1. The molecule has 21 heavy (non-hydrogen) atoms. The Bertz CT molecular complexity index is 587. The van der Waals surface area contributed by atoms with Crippen LogP contribution in [0.2, 0.25) is 0 Å². The predicted octanol–water partition coefficient (Wildman–Crippen LogP) is 4.35. The van der Waals surface area contributed by atoms with Crippen LogP contribution in [0.4, 0.5) is 8.78 Å². The maximum atomic E-state index is 14.1. The molecular weight excluding hydrogens is 336 g/mol. The quantitative estimate of drug-likeness (QED) is 0.761. The summed E-state index contributed by atoms with van der Waals surface area (Å²) in [4.78, 5) is 0. The fourth-order valence-corrected chi connectivity index (χ4v) is 2.87. The third-order valence-electron chi connectivity index (χ3n) is 3.49. The lowest BCUT2D eigenvalue weighted by Gasteiger charge is -2.18. The summed E-state index contributed by atoms with van der Waals surface area (Å²) in [7, 11) is 1.85. The smallest absolute Gasteiger partial charge is 0.143 e. The molecule has 0 aliphatic rings. The van der Waals surface area contributed by atoms with E-state index in [0.29, 0.717) is 17.4 Å². The third kappa shape index (κ3) is 4.35. The van der Waals surface area contributed by atoms with Crippen LogP contribution in [0, 0.1) is 17.6 Å². The first kappa shape index (κ1) is 16.1. The van der Waals surface area contributed by atoms with Gasteiger partial charge in [-0.25, -0.2) is 8.78 Å². The van der Waals surface area contributed by atoms with Crippen LogP contribution in [0.5, 0.6) is 0 Å². The molecule has 2 rings (SSSR count). The second kappa shape index (κ2) is 7.66. The van der Waals surface area contributed by atoms with Crippen molar-refractivity contribution in [2.24, 2.45) is 5.92 Å². The zero-order chi connectivity index (χ0) is 15.2. The van der Waals surface area contributed by atoms with Gasteiger partial charge >= 0.3 is 0 Å². The minimum Gasteiger partial charge on any atom is -0.319 e. The van der Waals surface area contributed by atoms with Crippen molar-refractivity contribution in [1.29, 1.82) is 0 Å². The maximum Gasteiger partial charge on any atom is 0.143 e. The van der Waals surface area contributed by atoms with E-state index in [9.17, 15) is 8.78 Å². The number of hydrogen-bond donors (Lipinski definition) is 1. The molecule has 0 bridgehead atoms. The Labute approximate surface area is 132 Å². The van der Waals surface area contributed by atoms with Crippen LogP contribution in [0.15, 0.2) is 46.9 Å². The molecular formula is C17H18BrF2N. The Morgan fingerprint density at radius 2 is 1.76 bits per heavy atom. The Morgan fingerprint density at radius 3 is 2.43 bits per heavy atom. The molecule has 1 unspecified atom stereocenters. The Morgan fingerprint density at radius 1 is 1.05 bits per heavy atom. The highest BCUT2D eigenvalue weighted by Gasteiger charge is 2.18. The van der Waals surface area contributed by atoms with E-state index in [2.05, 4.69) is 21.2 Å². The standard InChI is InChI=1S/C17H18BrF2N/c1-21-11-13(9-12-5-3-2-4-6-12)10-14-16(19)8-7-15(18)17(14)20/h2-8,13,21H,9-11H2,1H3. The molecule has 0 spiro atoms. The van der Waals surface area contributed by atoms with E-state index in [-0.39, 0.29) is 11.5 Å². The molecule has 0 heterocycles. The highest BCUT2D eigenvalue weighted by atomic mass is 79.9. The van der Waals surface area contributed by atoms with E-state index in [0.717, 1.165) is 6.42 Å². The number of halogens is 3. The zero-order valence-electron chi connectivity index (χ0n) is 11.9. The lowest BCUT2D eigenvalue weighted by molar-refractivity contribution is 0.460. The van der Waals surface area contributed by atoms with Crippen molar-refractivity contribution in [2.45, 2.75) is 12.8 Å². The molecule has 112 valence electrons. The number of hydrogen-bond acceptors (Lipinski definition) is 1. The largest absolute Gasteiger partial charge is 0.319 e. The first-order valence-electron chi connectivity index (χ1n) is 6.92. The van der Waals surface area contributed by atoms with Crippen molar-refractivity contribution in [3.63, 3.8) is 0 Å². The topological polar surface area (TPSA) is 12.0 Å². The number of benzene rings is 2. The van der Waals surface area contributed by atoms with E-state index < -0.39 is 11.6 Å². The summed E-state index contributed by atoms with van der Waals surface area (Å²) >= 11 is 3.12. The molecule has 0 aromatic heterocycles. The average molecular weight is 354 g/mol. The average Bonchev–Trinajstić information content (AvgIpc) is 2.49. The monoisotopic (exact) mass is 353 g/mol. The van der Waals surface area contributed by atoms with E-state index in [4.69, 9.17) is 0 Å². The highest BCUT2D eigenvalue weighted by Crippen LogP contribution is 2.25. The van der Waals surface area contributed by atoms with Crippen LogP contribution >= 0.6 is 15.9 Å². The molecule has 4 heteroatoms. The van der Waals surface area contributed by atoms with Crippen molar-refractivity contribution >= 4 is 15.9 Å². The first-order chi connectivity index (χ1) is 10.1. The molecule has 0 aliphatic heterocycles. The second-order valence-electron chi connectivity index (χ2n) is 5.14. The molecule has 0 fully saturated rings. The van der Waals surface area contributed by atoms with E-state index >= 15 is 0 Å². The van der Waals surface area contributed by atoms with Gasteiger partial charge < -0.3 is 5.32 Å². The Kier molecular flexibility index (Phi) is 5.88. The molecule has 0 saturated heterocycles. The van der Waals surface area contributed by atoms with Crippen LogP contribution < -0.4 is 5.32 Å². The molecule has 0 saturated carbocycles. The van der Waals surface area contributed by atoms with Crippen molar-refractivity contribution in [3.8, 4) is 0 Å². The minimum atomic E-state index is -0.496. The SMILES string of the molecule is CNCC(Cc1ccccc1)Cc1c(F)ccc(Br)c1F. The molecule has 0 radical (unpaired) electrons. The predicted molar refractivity (Wildman–Crippen MR) is 85.3 cm³/mol. The molecule has 1 atom stereocenters. The van der Waals surface area contributed by atoms with Crippen molar-refractivity contribution < 1.29 is 8.78 Å². The highest BCUT2D eigenvalue weighted by molar-refractivity contribution is 9.10. The van der Waals surface area contributed by atoms with Gasteiger partial charge in [-0.2, -0.15) is 0 Å². The van der Waals surface area contributed by atoms with Crippen molar-refractivity contribution in [3.05, 3.63) is 69.7 Å². The number of nitrogens with one attached hydrogen (secondary N) is 1. The lowest BCUT2D eigenvalue weighted by Crippen LogP contribution is -2.23. The van der Waals surface area contributed by atoms with E-state index in [1.54, 1.807) is 0 Å². The van der Waals surface area contributed by atoms with Gasteiger partial charge in [-0.15, -0.1) is 0 Å². The van der Waals surface area contributed by atoms with E-state index in [1.165, 1.54) is 17.7 Å². The first-order valence-corrected chi connectivity index (χ1v) is 7.72. The van der Waals surface area contributed by atoms with Crippen LogP contribution in [0.25, 0.3) is 0 Å². The van der Waals surface area contributed by atoms with Gasteiger partial charge in [0.15, 0.2) is 0 Å². The zero-order valence-corrected chi connectivity index (χ0v) is 13.5. The van der Waals surface area contributed by atoms with Crippen LogP contribution in [0.1, 0.15) is 11.1 Å². The van der Waals surface area contributed by atoms with Gasteiger partial charge in [0, 0.05) is 5.56 Å². The van der Waals surface area contributed by atoms with Gasteiger partial charge in [-0.1, -0.05) is 30.3 Å². The third-order valence-corrected chi connectivity index (χ3v) is 4.10. The van der Waals surface area contributed by atoms with Gasteiger partial charge in [0.1, 0.15) is 11.6 Å².